The monoisotopic (exact) mass is 358 g/mol. The summed E-state index contributed by atoms with van der Waals surface area (Å²) in [4.78, 5) is 0. The molecule has 138 valence electrons. The topological polar surface area (TPSA) is 77.4 Å². The first kappa shape index (κ1) is 20.4. The van der Waals surface area contributed by atoms with E-state index in [4.69, 9.17) is 19.7 Å². The normalized spacial score (nSPS) is 10.9. The molecule has 1 aromatic carbocycles. The van der Waals surface area contributed by atoms with Crippen LogP contribution in [0.5, 0.6) is 11.5 Å². The van der Waals surface area contributed by atoms with Crippen LogP contribution in [0.1, 0.15) is 0 Å². The van der Waals surface area contributed by atoms with Crippen molar-refractivity contribution in [3.05, 3.63) is 23.3 Å². The largest absolute Gasteiger partial charge is 0.485 e. The highest BCUT2D eigenvalue weighted by Gasteiger charge is 2.28. The minimum Gasteiger partial charge on any atom is -0.485 e. The van der Waals surface area contributed by atoms with Crippen molar-refractivity contribution in [2.45, 2.75) is 0 Å². The smallest absolute Gasteiger partial charge is 0.207 e. The van der Waals surface area contributed by atoms with Crippen molar-refractivity contribution in [2.24, 2.45) is 0 Å². The van der Waals surface area contributed by atoms with E-state index in [0.29, 0.717) is 0 Å². The Morgan fingerprint density at radius 3 is 1.17 bits per heavy atom. The van der Waals surface area contributed by atoms with Gasteiger partial charge in [-0.05, 0) is 0 Å². The lowest BCUT2D eigenvalue weighted by Crippen LogP contribution is -2.14. The maximum atomic E-state index is 13.8. The van der Waals surface area contributed by atoms with Crippen molar-refractivity contribution in [2.75, 3.05) is 52.9 Å². The number of aliphatic hydroxyl groups excluding tert-OH is 2. The van der Waals surface area contributed by atoms with E-state index in [-0.39, 0.29) is 52.9 Å². The highest BCUT2D eigenvalue weighted by Crippen LogP contribution is 2.34. The molecular formula is C14H18F4O6. The fourth-order valence-corrected chi connectivity index (χ4v) is 1.58. The Morgan fingerprint density at radius 1 is 0.542 bits per heavy atom. The van der Waals surface area contributed by atoms with E-state index in [1.807, 2.05) is 0 Å². The molecule has 0 amide bonds. The van der Waals surface area contributed by atoms with E-state index in [1.54, 1.807) is 0 Å². The molecule has 2 N–H and O–H groups in total. The Bertz CT molecular complexity index is 441. The molecular weight excluding hydrogens is 340 g/mol. The third-order valence-corrected chi connectivity index (χ3v) is 2.60. The van der Waals surface area contributed by atoms with E-state index in [0.717, 1.165) is 0 Å². The van der Waals surface area contributed by atoms with Crippen LogP contribution in [0.2, 0.25) is 0 Å². The Hall–Kier alpha value is -1.62. The summed E-state index contributed by atoms with van der Waals surface area (Å²) in [7, 11) is 0. The quantitative estimate of drug-likeness (QED) is 0.330. The standard InChI is InChI=1S/C14H18F4O6/c15-9-11(17)14(24-8-6-22-4-2-20)12(18)10(16)13(9)23-7-5-21-3-1-19/h19-20H,1-8H2. The number of ether oxygens (including phenoxy) is 4. The summed E-state index contributed by atoms with van der Waals surface area (Å²) in [6, 6.07) is 0. The van der Waals surface area contributed by atoms with Gasteiger partial charge in [0, 0.05) is 0 Å². The summed E-state index contributed by atoms with van der Waals surface area (Å²) in [5.74, 6) is -9.38. The van der Waals surface area contributed by atoms with Crippen molar-refractivity contribution < 1.29 is 46.7 Å². The summed E-state index contributed by atoms with van der Waals surface area (Å²) in [5, 5.41) is 16.9. The van der Waals surface area contributed by atoms with Gasteiger partial charge in [0.2, 0.25) is 23.3 Å². The second kappa shape index (κ2) is 11.0. The zero-order chi connectivity index (χ0) is 17.9. The van der Waals surface area contributed by atoms with Gasteiger partial charge in [-0.1, -0.05) is 0 Å². The molecule has 0 saturated heterocycles. The average Bonchev–Trinajstić information content (AvgIpc) is 2.58. The average molecular weight is 358 g/mol. The van der Waals surface area contributed by atoms with Crippen molar-refractivity contribution >= 4 is 0 Å². The van der Waals surface area contributed by atoms with Gasteiger partial charge in [-0.25, -0.2) is 0 Å². The predicted molar refractivity (Wildman–Crippen MR) is 73.1 cm³/mol. The Balaban J connectivity index is 2.72. The lowest BCUT2D eigenvalue weighted by molar-refractivity contribution is 0.0657. The zero-order valence-electron chi connectivity index (χ0n) is 12.7. The van der Waals surface area contributed by atoms with Gasteiger partial charge in [0.1, 0.15) is 13.2 Å². The molecule has 24 heavy (non-hydrogen) atoms. The van der Waals surface area contributed by atoms with Crippen LogP contribution in [-0.2, 0) is 9.47 Å². The summed E-state index contributed by atoms with van der Waals surface area (Å²) < 4.78 is 74.0. The van der Waals surface area contributed by atoms with Gasteiger partial charge < -0.3 is 29.2 Å². The fraction of sp³-hybridized carbons (Fsp3) is 0.571. The van der Waals surface area contributed by atoms with E-state index in [1.165, 1.54) is 0 Å². The molecule has 0 fully saturated rings. The first-order valence-corrected chi connectivity index (χ1v) is 7.03. The summed E-state index contributed by atoms with van der Waals surface area (Å²) in [5.41, 5.74) is 0. The maximum Gasteiger partial charge on any atom is 0.207 e. The van der Waals surface area contributed by atoms with Gasteiger partial charge in [-0.15, -0.1) is 0 Å². The van der Waals surface area contributed by atoms with E-state index < -0.39 is 34.8 Å². The maximum absolute atomic E-state index is 13.8. The van der Waals surface area contributed by atoms with Gasteiger partial charge in [0.15, 0.2) is 11.5 Å². The number of rotatable bonds is 12. The highest BCUT2D eigenvalue weighted by atomic mass is 19.2. The Morgan fingerprint density at radius 2 is 0.875 bits per heavy atom. The Labute approximate surface area is 135 Å². The predicted octanol–water partition coefficient (Wildman–Crippen LogP) is 1.02. The van der Waals surface area contributed by atoms with Gasteiger partial charge in [-0.2, -0.15) is 17.6 Å². The molecule has 1 rings (SSSR count). The van der Waals surface area contributed by atoms with Crippen molar-refractivity contribution in [1.82, 2.24) is 0 Å². The second-order valence-corrected chi connectivity index (χ2v) is 4.28. The van der Waals surface area contributed by atoms with Crippen LogP contribution < -0.4 is 9.47 Å². The summed E-state index contributed by atoms with van der Waals surface area (Å²) in [6.45, 7) is -1.54. The fourth-order valence-electron chi connectivity index (χ4n) is 1.58. The van der Waals surface area contributed by atoms with Crippen LogP contribution in [0.4, 0.5) is 17.6 Å². The number of benzene rings is 1. The molecule has 0 radical (unpaired) electrons. The van der Waals surface area contributed by atoms with Crippen molar-refractivity contribution in [3.8, 4) is 11.5 Å². The van der Waals surface area contributed by atoms with Gasteiger partial charge in [0.05, 0.1) is 39.6 Å². The molecule has 0 aliphatic rings. The van der Waals surface area contributed by atoms with Gasteiger partial charge >= 0.3 is 0 Å². The van der Waals surface area contributed by atoms with Crippen molar-refractivity contribution in [1.29, 1.82) is 0 Å². The lowest BCUT2D eigenvalue weighted by Gasteiger charge is -2.14. The highest BCUT2D eigenvalue weighted by molar-refractivity contribution is 5.38. The molecule has 0 heterocycles. The molecule has 0 spiro atoms. The molecule has 0 aromatic heterocycles. The number of hydrogen-bond donors (Lipinski definition) is 2. The first-order chi connectivity index (χ1) is 11.5. The molecule has 1 aromatic rings. The van der Waals surface area contributed by atoms with Gasteiger partial charge in [0.25, 0.3) is 0 Å². The number of hydrogen-bond acceptors (Lipinski definition) is 6. The molecule has 6 nitrogen and oxygen atoms in total. The third kappa shape index (κ3) is 5.78. The van der Waals surface area contributed by atoms with Crippen LogP contribution in [0.15, 0.2) is 0 Å². The minimum absolute atomic E-state index is 0.0117. The van der Waals surface area contributed by atoms with Crippen LogP contribution in [0.3, 0.4) is 0 Å². The van der Waals surface area contributed by atoms with E-state index in [9.17, 15) is 17.6 Å². The molecule has 0 saturated carbocycles. The molecule has 0 aliphatic heterocycles. The molecule has 0 atom stereocenters. The second-order valence-electron chi connectivity index (χ2n) is 4.28. The zero-order valence-corrected chi connectivity index (χ0v) is 12.7. The van der Waals surface area contributed by atoms with Crippen LogP contribution in [-0.4, -0.2) is 63.1 Å². The molecule has 0 bridgehead atoms. The SMILES string of the molecule is OCCOCCOc1c(F)c(F)c(OCCOCCO)c(F)c1F. The lowest BCUT2D eigenvalue weighted by atomic mass is 10.2. The number of aliphatic hydroxyl groups is 2. The van der Waals surface area contributed by atoms with Crippen molar-refractivity contribution in [3.63, 3.8) is 0 Å². The number of halogens is 4. The van der Waals surface area contributed by atoms with Gasteiger partial charge in [-0.3, -0.25) is 0 Å². The Kier molecular flexibility index (Phi) is 9.38. The molecule has 0 aliphatic carbocycles. The summed E-state index contributed by atoms with van der Waals surface area (Å²) in [6.07, 6.45) is 0. The summed E-state index contributed by atoms with van der Waals surface area (Å²) >= 11 is 0. The first-order valence-electron chi connectivity index (χ1n) is 7.03. The van der Waals surface area contributed by atoms with E-state index in [2.05, 4.69) is 9.47 Å². The van der Waals surface area contributed by atoms with Crippen LogP contribution in [0.25, 0.3) is 0 Å². The minimum atomic E-state index is -1.73. The molecule has 0 unspecified atom stereocenters. The van der Waals surface area contributed by atoms with Crippen LogP contribution >= 0.6 is 0 Å². The molecule has 10 heteroatoms. The third-order valence-electron chi connectivity index (χ3n) is 2.60. The van der Waals surface area contributed by atoms with Crippen LogP contribution in [0, 0.1) is 23.3 Å². The van der Waals surface area contributed by atoms with E-state index >= 15 is 0 Å².